The van der Waals surface area contributed by atoms with Crippen LogP contribution < -0.4 is 15.8 Å². The van der Waals surface area contributed by atoms with E-state index in [-0.39, 0.29) is 6.71 Å². The lowest BCUT2D eigenvalue weighted by molar-refractivity contribution is 1.18. The Morgan fingerprint density at radius 2 is 1.08 bits per heavy atom. The second kappa shape index (κ2) is 12.4. The average molecular weight is 788 g/mol. The Kier molecular flexibility index (Phi) is 6.78. The van der Waals surface area contributed by atoms with Crippen molar-refractivity contribution in [2.75, 3.05) is 4.90 Å². The van der Waals surface area contributed by atoms with Crippen LogP contribution >= 0.6 is 0 Å². The van der Waals surface area contributed by atoms with Crippen molar-refractivity contribution in [2.24, 2.45) is 0 Å². The third kappa shape index (κ3) is 4.40. The first-order valence-corrected chi connectivity index (χ1v) is 21.7. The van der Waals surface area contributed by atoms with Gasteiger partial charge in [-0.25, -0.2) is 0 Å². The summed E-state index contributed by atoms with van der Waals surface area (Å²) in [6, 6.07) is 70.4. The highest BCUT2D eigenvalue weighted by Gasteiger charge is 2.38. The minimum absolute atomic E-state index is 0.00726. The summed E-state index contributed by atoms with van der Waals surface area (Å²) in [5, 5.41) is 7.75. The van der Waals surface area contributed by atoms with Gasteiger partial charge in [-0.1, -0.05) is 145 Å². The molecule has 0 radical (unpaired) electrons. The quantitative estimate of drug-likeness (QED) is 0.162. The van der Waals surface area contributed by atoms with Gasteiger partial charge in [0.2, 0.25) is 6.71 Å². The summed E-state index contributed by atoms with van der Waals surface area (Å²) in [5.74, 6) is 2.62. The van der Waals surface area contributed by atoms with E-state index in [1.807, 2.05) is 0 Å². The molecule has 0 unspecified atom stereocenters. The summed E-state index contributed by atoms with van der Waals surface area (Å²) < 4.78 is 5.12. The Morgan fingerprint density at radius 1 is 0.452 bits per heavy atom. The third-order valence-electron chi connectivity index (χ3n) is 14.0. The molecule has 0 N–H and O–H groups in total. The smallest absolute Gasteiger partial charge is 0.240 e. The Hall–Kier alpha value is -7.82. The molecule has 0 aliphatic carbocycles. The topological polar surface area (TPSA) is 12.6 Å². The number of benzene rings is 9. The molecule has 0 bridgehead atoms. The van der Waals surface area contributed by atoms with E-state index in [9.17, 15) is 0 Å². The van der Waals surface area contributed by atoms with E-state index in [2.05, 4.69) is 222 Å². The number of aryl methyl sites for hydroxylation is 2. The minimum atomic E-state index is -0.00726. The molecule has 3 nitrogen and oxygen atoms in total. The summed E-state index contributed by atoms with van der Waals surface area (Å²) in [6.07, 6.45) is 0. The fourth-order valence-electron chi connectivity index (χ4n) is 11.6. The van der Waals surface area contributed by atoms with Crippen molar-refractivity contribution in [3.8, 4) is 16.8 Å². The summed E-state index contributed by atoms with van der Waals surface area (Å²) >= 11 is 0. The van der Waals surface area contributed by atoms with Crippen molar-refractivity contribution in [3.63, 3.8) is 0 Å². The van der Waals surface area contributed by atoms with E-state index >= 15 is 0 Å². The van der Waals surface area contributed by atoms with Crippen LogP contribution in [0.5, 0.6) is 0 Å². The van der Waals surface area contributed by atoms with Gasteiger partial charge in [-0.3, -0.25) is 0 Å². The van der Waals surface area contributed by atoms with Crippen LogP contribution in [0, 0.1) is 13.8 Å². The minimum Gasteiger partial charge on any atom is -0.310 e. The maximum atomic E-state index is 2.62. The molecule has 0 saturated carbocycles. The fraction of sp³-hybridized carbons (Fsp3) is 0.0345. The van der Waals surface area contributed by atoms with E-state index in [0.717, 1.165) is 17.1 Å². The van der Waals surface area contributed by atoms with Gasteiger partial charge in [0.05, 0.1) is 22.1 Å². The van der Waals surface area contributed by atoms with Crippen molar-refractivity contribution < 1.29 is 0 Å². The standard InChI is InChI=1S/C58H38BN3/c1-35-27-28-40(36(2)31-35)48-34-59-49-24-14-22-45-42-20-10-12-26-51(42)62(58(45)49)53-33-39(60(37-15-5-3-6-16-37)38-17-7-4-8-18-38)32-47(56(53)59)54-43(48)29-30-52-55(54)46-23-13-21-44-41-19-9-11-25-50(41)61(52)57(44)46/h3-34H,1-2H3. The number of anilines is 3. The molecular formula is C58H38BN3. The van der Waals surface area contributed by atoms with Crippen LogP contribution in [0.4, 0.5) is 17.1 Å². The third-order valence-corrected chi connectivity index (χ3v) is 14.0. The molecule has 5 heterocycles. The fourth-order valence-corrected chi connectivity index (χ4v) is 11.6. The predicted molar refractivity (Wildman–Crippen MR) is 264 cm³/mol. The number of aromatic nitrogens is 2. The molecule has 62 heavy (non-hydrogen) atoms. The van der Waals surface area contributed by atoms with Crippen LogP contribution in [0.1, 0.15) is 22.3 Å². The molecule has 288 valence electrons. The Balaban J connectivity index is 1.22. The SMILES string of the molecule is Cc1ccc(C2=CB3c4c(cc(N(c5ccccc5)c5ccccc5)cc4-n4c5ccccc5c5cccc3c54)-c3c2ccc2c3c3cccc4c5ccccc5n2c43)c(C)c1. The van der Waals surface area contributed by atoms with E-state index < -0.39 is 0 Å². The first-order chi connectivity index (χ1) is 30.6. The van der Waals surface area contributed by atoms with Crippen molar-refractivity contribution in [1.29, 1.82) is 0 Å². The molecule has 4 heteroatoms. The second-order valence-corrected chi connectivity index (χ2v) is 17.3. The number of para-hydroxylation sites is 6. The molecule has 9 aromatic carbocycles. The van der Waals surface area contributed by atoms with E-state index in [4.69, 9.17) is 0 Å². The highest BCUT2D eigenvalue weighted by atomic mass is 15.1. The Bertz CT molecular complexity index is 3850. The lowest BCUT2D eigenvalue weighted by atomic mass is 9.38. The highest BCUT2D eigenvalue weighted by Crippen LogP contribution is 2.50. The molecule has 12 aromatic rings. The molecular weight excluding hydrogens is 749 g/mol. The van der Waals surface area contributed by atoms with Crippen LogP contribution in [0.25, 0.3) is 82.3 Å². The van der Waals surface area contributed by atoms with Gasteiger partial charge in [-0.05, 0) is 113 Å². The van der Waals surface area contributed by atoms with Crippen LogP contribution in [0.3, 0.4) is 0 Å². The lowest BCUT2D eigenvalue weighted by Gasteiger charge is -2.31. The molecule has 0 saturated heterocycles. The number of hydrogen-bond donors (Lipinski definition) is 0. The van der Waals surface area contributed by atoms with Crippen LogP contribution in [0.2, 0.25) is 0 Å². The van der Waals surface area contributed by atoms with Gasteiger partial charge in [0.15, 0.2) is 0 Å². The number of nitrogens with zero attached hydrogens (tertiary/aromatic N) is 3. The van der Waals surface area contributed by atoms with Crippen LogP contribution in [0.15, 0.2) is 194 Å². The van der Waals surface area contributed by atoms with Crippen molar-refractivity contribution >= 4 is 100 Å². The largest absolute Gasteiger partial charge is 0.310 e. The highest BCUT2D eigenvalue weighted by molar-refractivity contribution is 6.94. The van der Waals surface area contributed by atoms with Gasteiger partial charge in [-0.2, -0.15) is 0 Å². The van der Waals surface area contributed by atoms with Crippen LogP contribution in [-0.2, 0) is 0 Å². The molecule has 0 spiro atoms. The molecule has 0 atom stereocenters. The molecule has 0 amide bonds. The van der Waals surface area contributed by atoms with Gasteiger partial charge in [0, 0.05) is 60.6 Å². The normalized spacial score (nSPS) is 13.1. The molecule has 2 aliphatic rings. The average Bonchev–Trinajstić information content (AvgIpc) is 3.93. The maximum Gasteiger partial charge on any atom is 0.240 e. The summed E-state index contributed by atoms with van der Waals surface area (Å²) in [6.45, 7) is 4.48. The first-order valence-electron chi connectivity index (χ1n) is 21.7. The summed E-state index contributed by atoms with van der Waals surface area (Å²) in [7, 11) is 0. The van der Waals surface area contributed by atoms with E-state index in [1.54, 1.807) is 0 Å². The zero-order valence-electron chi connectivity index (χ0n) is 34.4. The molecule has 14 rings (SSSR count). The van der Waals surface area contributed by atoms with Crippen molar-refractivity contribution in [3.05, 3.63) is 216 Å². The monoisotopic (exact) mass is 787 g/mol. The summed E-state index contributed by atoms with van der Waals surface area (Å²) in [5.41, 5.74) is 22.5. The van der Waals surface area contributed by atoms with Crippen molar-refractivity contribution in [1.82, 2.24) is 8.97 Å². The van der Waals surface area contributed by atoms with E-state index in [1.165, 1.54) is 115 Å². The number of fused-ring (bicyclic) bond motifs is 14. The Morgan fingerprint density at radius 3 is 1.84 bits per heavy atom. The molecule has 0 fully saturated rings. The zero-order valence-corrected chi connectivity index (χ0v) is 34.4. The van der Waals surface area contributed by atoms with Gasteiger partial charge in [0.1, 0.15) is 0 Å². The molecule has 2 aliphatic heterocycles. The number of rotatable bonds is 4. The molecule has 3 aromatic heterocycles. The lowest BCUT2D eigenvalue weighted by Crippen LogP contribution is -2.47. The number of hydrogen-bond acceptors (Lipinski definition) is 1. The zero-order chi connectivity index (χ0) is 40.8. The van der Waals surface area contributed by atoms with Gasteiger partial charge < -0.3 is 13.9 Å². The summed E-state index contributed by atoms with van der Waals surface area (Å²) in [4.78, 5) is 2.44. The first kappa shape index (κ1) is 34.0. The second-order valence-electron chi connectivity index (χ2n) is 17.3. The van der Waals surface area contributed by atoms with Gasteiger partial charge in [0.25, 0.3) is 0 Å². The van der Waals surface area contributed by atoms with Crippen molar-refractivity contribution in [2.45, 2.75) is 13.8 Å². The van der Waals surface area contributed by atoms with Gasteiger partial charge >= 0.3 is 0 Å². The maximum absolute atomic E-state index is 2.62. The van der Waals surface area contributed by atoms with Crippen LogP contribution in [-0.4, -0.2) is 15.7 Å². The van der Waals surface area contributed by atoms with Gasteiger partial charge in [-0.15, -0.1) is 0 Å². The van der Waals surface area contributed by atoms with E-state index in [0.29, 0.717) is 0 Å². The predicted octanol–water partition coefficient (Wildman–Crippen LogP) is 13.6. The Labute approximate surface area is 359 Å².